The van der Waals surface area contributed by atoms with Gasteiger partial charge in [0.05, 0.1) is 31.5 Å². The lowest BCUT2D eigenvalue weighted by atomic mass is 9.85. The van der Waals surface area contributed by atoms with E-state index in [4.69, 9.17) is 9.47 Å². The van der Waals surface area contributed by atoms with Crippen LogP contribution in [-0.4, -0.2) is 46.6 Å². The molecular formula is C16H20N4O2S. The molecule has 2 saturated heterocycles. The van der Waals surface area contributed by atoms with Crippen molar-refractivity contribution in [3.63, 3.8) is 0 Å². The number of nitrogens with zero attached hydrogens (tertiary/aromatic N) is 4. The fourth-order valence-electron chi connectivity index (χ4n) is 3.23. The molecule has 1 atom stereocenters. The number of hydrogen-bond acceptors (Lipinski definition) is 7. The van der Waals surface area contributed by atoms with Gasteiger partial charge in [0.25, 0.3) is 0 Å². The van der Waals surface area contributed by atoms with Gasteiger partial charge in [-0.25, -0.2) is 0 Å². The summed E-state index contributed by atoms with van der Waals surface area (Å²) in [6.07, 6.45) is 3.93. The molecule has 4 heterocycles. The van der Waals surface area contributed by atoms with Crippen LogP contribution in [0.5, 0.6) is 0 Å². The second-order valence-electron chi connectivity index (χ2n) is 6.24. The molecule has 0 amide bonds. The summed E-state index contributed by atoms with van der Waals surface area (Å²) in [6, 6.07) is 5.91. The third-order valence-corrected chi connectivity index (χ3v) is 5.28. The van der Waals surface area contributed by atoms with E-state index >= 15 is 0 Å². The zero-order valence-electron chi connectivity index (χ0n) is 13.1. The van der Waals surface area contributed by atoms with E-state index in [1.54, 1.807) is 17.5 Å². The second-order valence-corrected chi connectivity index (χ2v) is 7.40. The minimum Gasteiger partial charge on any atom is -0.372 e. The van der Waals surface area contributed by atoms with Crippen LogP contribution in [0.3, 0.4) is 0 Å². The van der Waals surface area contributed by atoms with Crippen LogP contribution in [0.4, 0.5) is 5.13 Å². The van der Waals surface area contributed by atoms with E-state index in [9.17, 15) is 0 Å². The Labute approximate surface area is 139 Å². The SMILES string of the molecule is Cc1nnc(N2CC3(CC(OCc4ccccn4)CCO3)C2)s1. The molecule has 0 bridgehead atoms. The Hall–Kier alpha value is -1.57. The highest BCUT2D eigenvalue weighted by Crippen LogP contribution is 2.38. The van der Waals surface area contributed by atoms with Gasteiger partial charge in [-0.2, -0.15) is 0 Å². The van der Waals surface area contributed by atoms with E-state index in [1.165, 1.54) is 0 Å². The zero-order valence-corrected chi connectivity index (χ0v) is 14.0. The number of rotatable bonds is 4. The lowest BCUT2D eigenvalue weighted by Gasteiger charge is -2.52. The van der Waals surface area contributed by atoms with E-state index in [-0.39, 0.29) is 11.7 Å². The zero-order chi connectivity index (χ0) is 15.7. The summed E-state index contributed by atoms with van der Waals surface area (Å²) >= 11 is 1.64. The van der Waals surface area contributed by atoms with Crippen molar-refractivity contribution in [1.29, 1.82) is 0 Å². The van der Waals surface area contributed by atoms with Gasteiger partial charge < -0.3 is 14.4 Å². The van der Waals surface area contributed by atoms with Crippen LogP contribution in [0.1, 0.15) is 23.5 Å². The minimum atomic E-state index is -0.0768. The first kappa shape index (κ1) is 15.0. The minimum absolute atomic E-state index is 0.0768. The number of pyridine rings is 1. The van der Waals surface area contributed by atoms with Crippen LogP contribution >= 0.6 is 11.3 Å². The Bertz CT molecular complexity index is 657. The number of anilines is 1. The molecule has 2 aliphatic rings. The van der Waals surface area contributed by atoms with Gasteiger partial charge in [0.15, 0.2) is 0 Å². The molecule has 0 saturated carbocycles. The molecule has 0 N–H and O–H groups in total. The molecular weight excluding hydrogens is 312 g/mol. The van der Waals surface area contributed by atoms with Crippen molar-refractivity contribution in [3.05, 3.63) is 35.1 Å². The Kier molecular flexibility index (Phi) is 4.00. The monoisotopic (exact) mass is 332 g/mol. The van der Waals surface area contributed by atoms with E-state index < -0.39 is 0 Å². The number of aromatic nitrogens is 3. The van der Waals surface area contributed by atoms with Gasteiger partial charge in [0.1, 0.15) is 10.6 Å². The van der Waals surface area contributed by atoms with Gasteiger partial charge in [-0.3, -0.25) is 4.98 Å². The summed E-state index contributed by atoms with van der Waals surface area (Å²) < 4.78 is 12.1. The average Bonchev–Trinajstić information content (AvgIpc) is 2.98. The van der Waals surface area contributed by atoms with Crippen LogP contribution in [0.15, 0.2) is 24.4 Å². The van der Waals surface area contributed by atoms with Gasteiger partial charge >= 0.3 is 0 Å². The van der Waals surface area contributed by atoms with Gasteiger partial charge in [0.2, 0.25) is 5.13 Å². The largest absolute Gasteiger partial charge is 0.372 e. The average molecular weight is 332 g/mol. The highest BCUT2D eigenvalue weighted by molar-refractivity contribution is 7.15. The molecule has 4 rings (SSSR count). The van der Waals surface area contributed by atoms with E-state index in [2.05, 4.69) is 20.1 Å². The normalized spacial score (nSPS) is 23.0. The molecule has 1 unspecified atom stereocenters. The second kappa shape index (κ2) is 6.14. The smallest absolute Gasteiger partial charge is 0.208 e. The van der Waals surface area contributed by atoms with Crippen LogP contribution in [0, 0.1) is 6.92 Å². The van der Waals surface area contributed by atoms with Crippen molar-refractivity contribution >= 4 is 16.5 Å². The predicted molar refractivity (Wildman–Crippen MR) is 87.6 cm³/mol. The lowest BCUT2D eigenvalue weighted by molar-refractivity contribution is -0.148. The highest BCUT2D eigenvalue weighted by Gasteiger charge is 2.48. The maximum atomic E-state index is 6.06. The Balaban J connectivity index is 1.31. The molecule has 1 spiro atoms. The Morgan fingerprint density at radius 2 is 2.30 bits per heavy atom. The fraction of sp³-hybridized carbons (Fsp3) is 0.562. The number of ether oxygens (including phenoxy) is 2. The molecule has 122 valence electrons. The molecule has 0 radical (unpaired) electrons. The van der Waals surface area contributed by atoms with Crippen molar-refractivity contribution in [2.45, 2.75) is 38.1 Å². The molecule has 6 nitrogen and oxygen atoms in total. The molecule has 2 fully saturated rings. The van der Waals surface area contributed by atoms with Crippen LogP contribution in [0.25, 0.3) is 0 Å². The summed E-state index contributed by atoms with van der Waals surface area (Å²) in [4.78, 5) is 6.55. The Morgan fingerprint density at radius 3 is 3.04 bits per heavy atom. The first-order chi connectivity index (χ1) is 11.2. The fourth-order valence-corrected chi connectivity index (χ4v) is 3.92. The molecule has 0 aliphatic carbocycles. The summed E-state index contributed by atoms with van der Waals surface area (Å²) in [5.74, 6) is 0. The molecule has 2 aromatic rings. The first-order valence-electron chi connectivity index (χ1n) is 7.93. The topological polar surface area (TPSA) is 60.4 Å². The quantitative estimate of drug-likeness (QED) is 0.855. The Morgan fingerprint density at radius 1 is 1.39 bits per heavy atom. The third-order valence-electron chi connectivity index (χ3n) is 4.38. The van der Waals surface area contributed by atoms with Crippen molar-refractivity contribution in [2.24, 2.45) is 0 Å². The predicted octanol–water partition coefficient (Wildman–Crippen LogP) is 2.20. The van der Waals surface area contributed by atoms with Crippen LogP contribution in [0.2, 0.25) is 0 Å². The standard InChI is InChI=1S/C16H20N4O2S/c1-12-18-19-15(23-12)20-10-16(11-20)8-14(5-7-22-16)21-9-13-4-2-3-6-17-13/h2-4,6,14H,5,7-11H2,1H3. The van der Waals surface area contributed by atoms with E-state index in [0.717, 1.165) is 48.4 Å². The molecule has 7 heteroatoms. The van der Waals surface area contributed by atoms with Crippen molar-refractivity contribution in [3.8, 4) is 0 Å². The van der Waals surface area contributed by atoms with Crippen molar-refractivity contribution in [2.75, 3.05) is 24.6 Å². The summed E-state index contributed by atoms with van der Waals surface area (Å²) in [7, 11) is 0. The van der Waals surface area contributed by atoms with Crippen LogP contribution in [-0.2, 0) is 16.1 Å². The number of aryl methyl sites for hydroxylation is 1. The maximum Gasteiger partial charge on any atom is 0.208 e. The molecule has 2 aromatic heterocycles. The number of hydrogen-bond donors (Lipinski definition) is 0. The summed E-state index contributed by atoms with van der Waals surface area (Å²) in [6.45, 7) is 5.07. The molecule has 0 aromatic carbocycles. The van der Waals surface area contributed by atoms with E-state index in [0.29, 0.717) is 6.61 Å². The molecule has 23 heavy (non-hydrogen) atoms. The highest BCUT2D eigenvalue weighted by atomic mass is 32.1. The lowest BCUT2D eigenvalue weighted by Crippen LogP contribution is -2.66. The summed E-state index contributed by atoms with van der Waals surface area (Å²) in [5, 5.41) is 10.3. The van der Waals surface area contributed by atoms with Gasteiger partial charge in [-0.05, 0) is 25.5 Å². The molecule has 2 aliphatic heterocycles. The van der Waals surface area contributed by atoms with E-state index in [1.807, 2.05) is 25.1 Å². The van der Waals surface area contributed by atoms with Crippen molar-refractivity contribution in [1.82, 2.24) is 15.2 Å². The van der Waals surface area contributed by atoms with Gasteiger partial charge in [-0.15, -0.1) is 10.2 Å². The van der Waals surface area contributed by atoms with Gasteiger partial charge in [0, 0.05) is 19.2 Å². The van der Waals surface area contributed by atoms with Crippen molar-refractivity contribution < 1.29 is 9.47 Å². The maximum absolute atomic E-state index is 6.06. The third kappa shape index (κ3) is 3.22. The van der Waals surface area contributed by atoms with Gasteiger partial charge in [-0.1, -0.05) is 17.4 Å². The van der Waals surface area contributed by atoms with Crippen LogP contribution < -0.4 is 4.90 Å². The summed E-state index contributed by atoms with van der Waals surface area (Å²) in [5.41, 5.74) is 0.902. The first-order valence-corrected chi connectivity index (χ1v) is 8.75.